The zero-order valence-corrected chi connectivity index (χ0v) is 17.3. The Labute approximate surface area is 184 Å². The van der Waals surface area contributed by atoms with Crippen LogP contribution < -0.4 is 5.69 Å². The van der Waals surface area contributed by atoms with Crippen LogP contribution in [0.5, 0.6) is 0 Å². The maximum absolute atomic E-state index is 13.2. The van der Waals surface area contributed by atoms with Crippen molar-refractivity contribution in [3.05, 3.63) is 63.8 Å². The van der Waals surface area contributed by atoms with Gasteiger partial charge in [-0.15, -0.1) is 5.10 Å². The van der Waals surface area contributed by atoms with E-state index in [0.717, 1.165) is 21.4 Å². The summed E-state index contributed by atoms with van der Waals surface area (Å²) in [4.78, 5) is 31.3. The molecule has 3 aromatic rings. The lowest BCUT2D eigenvalue weighted by Crippen LogP contribution is -2.43. The molecule has 0 bridgehead atoms. The lowest BCUT2D eigenvalue weighted by atomic mass is 10.2. The summed E-state index contributed by atoms with van der Waals surface area (Å²) < 4.78 is 46.2. The molecule has 1 amide bonds. The van der Waals surface area contributed by atoms with Gasteiger partial charge in [0.25, 0.3) is 0 Å². The van der Waals surface area contributed by atoms with Crippen LogP contribution >= 0.6 is 11.6 Å². The van der Waals surface area contributed by atoms with Crippen LogP contribution in [0.25, 0.3) is 17.1 Å². The summed E-state index contributed by atoms with van der Waals surface area (Å²) in [7, 11) is 0. The Hall–Kier alpha value is -3.18. The number of pyridine rings is 1. The minimum absolute atomic E-state index is 0.0805. The monoisotopic (exact) mass is 467 g/mol. The highest BCUT2D eigenvalue weighted by atomic mass is 35.5. The third kappa shape index (κ3) is 4.39. The van der Waals surface area contributed by atoms with E-state index in [1.54, 1.807) is 4.90 Å². The van der Waals surface area contributed by atoms with Crippen LogP contribution in [0.2, 0.25) is 5.02 Å². The van der Waals surface area contributed by atoms with Gasteiger partial charge in [0.1, 0.15) is 6.54 Å². The Kier molecular flexibility index (Phi) is 6.02. The second kappa shape index (κ2) is 8.75. The number of aromatic nitrogens is 4. The fourth-order valence-electron chi connectivity index (χ4n) is 3.31. The number of benzene rings is 1. The summed E-state index contributed by atoms with van der Waals surface area (Å²) in [5, 5.41) is 4.47. The maximum Gasteiger partial charge on any atom is 0.416 e. The molecule has 4 rings (SSSR count). The topological polar surface area (TPSA) is 82.2 Å². The number of hydrogen-bond acceptors (Lipinski definition) is 5. The van der Waals surface area contributed by atoms with Crippen molar-refractivity contribution in [1.82, 2.24) is 24.2 Å². The second-order valence-electron chi connectivity index (χ2n) is 6.99. The molecule has 0 spiro atoms. The van der Waals surface area contributed by atoms with E-state index in [2.05, 4.69) is 10.1 Å². The summed E-state index contributed by atoms with van der Waals surface area (Å²) in [6.07, 6.45) is -1.72. The van der Waals surface area contributed by atoms with Gasteiger partial charge >= 0.3 is 11.9 Å². The molecule has 1 aliphatic heterocycles. The minimum atomic E-state index is -4.52. The molecule has 0 radical (unpaired) electrons. The van der Waals surface area contributed by atoms with E-state index in [1.807, 2.05) is 0 Å². The smallest absolute Gasteiger partial charge is 0.378 e. The number of rotatable bonds is 4. The number of morpholine rings is 1. The third-order valence-corrected chi connectivity index (χ3v) is 5.26. The van der Waals surface area contributed by atoms with Crippen molar-refractivity contribution in [2.75, 3.05) is 26.3 Å². The minimum Gasteiger partial charge on any atom is -0.378 e. The van der Waals surface area contributed by atoms with Gasteiger partial charge in [0.2, 0.25) is 5.91 Å². The Bertz CT molecular complexity index is 1180. The number of halogens is 4. The number of hydrogen-bond donors (Lipinski definition) is 0. The normalized spacial score (nSPS) is 14.6. The first-order valence-corrected chi connectivity index (χ1v) is 9.96. The zero-order valence-electron chi connectivity index (χ0n) is 16.5. The molecular formula is C20H17ClF3N5O3. The molecule has 0 aliphatic carbocycles. The molecule has 12 heteroatoms. The predicted octanol–water partition coefficient (Wildman–Crippen LogP) is 2.63. The summed E-state index contributed by atoms with van der Waals surface area (Å²) in [6.45, 7) is 1.27. The van der Waals surface area contributed by atoms with Crippen LogP contribution in [-0.4, -0.2) is 56.4 Å². The van der Waals surface area contributed by atoms with E-state index in [-0.39, 0.29) is 29.0 Å². The fraction of sp³-hybridized carbons (Fsp3) is 0.300. The van der Waals surface area contributed by atoms with Gasteiger partial charge in [-0.1, -0.05) is 11.6 Å². The number of alkyl halides is 3. The van der Waals surface area contributed by atoms with E-state index in [4.69, 9.17) is 16.3 Å². The Morgan fingerprint density at radius 1 is 1.12 bits per heavy atom. The molecule has 0 saturated carbocycles. The number of amides is 1. The predicted molar refractivity (Wildman–Crippen MR) is 108 cm³/mol. The van der Waals surface area contributed by atoms with Gasteiger partial charge in [0, 0.05) is 31.0 Å². The molecule has 2 aromatic heterocycles. The maximum atomic E-state index is 13.2. The highest BCUT2D eigenvalue weighted by molar-refractivity contribution is 6.33. The summed E-state index contributed by atoms with van der Waals surface area (Å²) in [6, 6.07) is 5.60. The van der Waals surface area contributed by atoms with E-state index in [1.165, 1.54) is 30.6 Å². The number of carbonyl (C=O) groups is 1. The molecule has 1 aliphatic rings. The van der Waals surface area contributed by atoms with Crippen molar-refractivity contribution in [2.45, 2.75) is 12.7 Å². The fourth-order valence-corrected chi connectivity index (χ4v) is 3.52. The average molecular weight is 468 g/mol. The lowest BCUT2D eigenvalue weighted by molar-refractivity contribution is -0.137. The van der Waals surface area contributed by atoms with Gasteiger partial charge in [-0.3, -0.25) is 9.78 Å². The molecule has 8 nitrogen and oxygen atoms in total. The van der Waals surface area contributed by atoms with Crippen LogP contribution in [-0.2, 0) is 22.3 Å². The SMILES string of the molecule is O=C(Cn1nc(-c2ccncc2Cl)n(-c2ccc(C(F)(F)F)cc2)c1=O)N1CCOCC1. The average Bonchev–Trinajstić information content (AvgIpc) is 3.10. The Morgan fingerprint density at radius 2 is 1.81 bits per heavy atom. The zero-order chi connectivity index (χ0) is 22.9. The largest absolute Gasteiger partial charge is 0.416 e. The van der Waals surface area contributed by atoms with Crippen molar-refractivity contribution in [3.63, 3.8) is 0 Å². The van der Waals surface area contributed by atoms with Crippen molar-refractivity contribution in [1.29, 1.82) is 0 Å². The van der Waals surface area contributed by atoms with Crippen molar-refractivity contribution in [2.24, 2.45) is 0 Å². The molecule has 1 aromatic carbocycles. The van der Waals surface area contributed by atoms with Gasteiger partial charge in [-0.2, -0.15) is 13.2 Å². The lowest BCUT2D eigenvalue weighted by Gasteiger charge is -2.26. The van der Waals surface area contributed by atoms with Crippen LogP contribution in [0, 0.1) is 0 Å². The van der Waals surface area contributed by atoms with Gasteiger partial charge in [-0.05, 0) is 30.3 Å². The van der Waals surface area contributed by atoms with E-state index >= 15 is 0 Å². The number of carbonyl (C=O) groups excluding carboxylic acids is 1. The van der Waals surface area contributed by atoms with Crippen molar-refractivity contribution in [3.8, 4) is 17.1 Å². The van der Waals surface area contributed by atoms with Crippen LogP contribution in [0.15, 0.2) is 47.5 Å². The molecule has 1 saturated heterocycles. The molecule has 3 heterocycles. The van der Waals surface area contributed by atoms with E-state index in [9.17, 15) is 22.8 Å². The van der Waals surface area contributed by atoms with Gasteiger partial charge in [-0.25, -0.2) is 14.0 Å². The summed E-state index contributed by atoms with van der Waals surface area (Å²) in [5.41, 5.74) is -1.05. The van der Waals surface area contributed by atoms with Gasteiger partial charge < -0.3 is 9.64 Å². The second-order valence-corrected chi connectivity index (χ2v) is 7.40. The number of nitrogens with zero attached hydrogens (tertiary/aromatic N) is 5. The molecule has 0 N–H and O–H groups in total. The highest BCUT2D eigenvalue weighted by Crippen LogP contribution is 2.31. The molecule has 0 unspecified atom stereocenters. The number of ether oxygens (including phenoxy) is 1. The van der Waals surface area contributed by atoms with Crippen LogP contribution in [0.3, 0.4) is 0 Å². The highest BCUT2D eigenvalue weighted by Gasteiger charge is 2.30. The Morgan fingerprint density at radius 3 is 2.44 bits per heavy atom. The summed E-state index contributed by atoms with van der Waals surface area (Å²) >= 11 is 6.23. The molecule has 168 valence electrons. The quantitative estimate of drug-likeness (QED) is 0.589. The van der Waals surface area contributed by atoms with Crippen molar-refractivity contribution >= 4 is 17.5 Å². The van der Waals surface area contributed by atoms with E-state index < -0.39 is 17.4 Å². The molecule has 32 heavy (non-hydrogen) atoms. The van der Waals surface area contributed by atoms with Crippen molar-refractivity contribution < 1.29 is 22.7 Å². The van der Waals surface area contributed by atoms with Gasteiger partial charge in [0.05, 0.1) is 29.5 Å². The van der Waals surface area contributed by atoms with Crippen LogP contribution in [0.4, 0.5) is 13.2 Å². The first-order valence-electron chi connectivity index (χ1n) is 9.58. The Balaban J connectivity index is 1.78. The van der Waals surface area contributed by atoms with Gasteiger partial charge in [0.15, 0.2) is 5.82 Å². The third-order valence-electron chi connectivity index (χ3n) is 4.95. The first-order chi connectivity index (χ1) is 15.3. The summed E-state index contributed by atoms with van der Waals surface area (Å²) in [5.74, 6) is -0.239. The van der Waals surface area contributed by atoms with E-state index in [0.29, 0.717) is 31.9 Å². The van der Waals surface area contributed by atoms with Crippen LogP contribution in [0.1, 0.15) is 5.56 Å². The molecule has 0 atom stereocenters. The molecular weight excluding hydrogens is 451 g/mol. The first kappa shape index (κ1) is 22.0. The standard InChI is InChI=1S/C20H17ClF3N5O3/c21-16-11-25-6-5-15(16)18-26-28(12-17(30)27-7-9-32-10-8-27)19(31)29(18)14-3-1-13(2-4-14)20(22,23)24/h1-6,11H,7-10,12H2. The molecule has 1 fully saturated rings.